The van der Waals surface area contributed by atoms with Crippen LogP contribution in [0.5, 0.6) is 5.75 Å². The fourth-order valence-electron chi connectivity index (χ4n) is 4.16. The van der Waals surface area contributed by atoms with Crippen molar-refractivity contribution in [3.8, 4) is 11.4 Å². The molecule has 0 spiro atoms. The summed E-state index contributed by atoms with van der Waals surface area (Å²) in [5, 5.41) is 5.97. The van der Waals surface area contributed by atoms with Gasteiger partial charge in [-0.25, -0.2) is 9.36 Å². The van der Waals surface area contributed by atoms with Gasteiger partial charge in [-0.15, -0.1) is 0 Å². The monoisotopic (exact) mass is 514 g/mol. The van der Waals surface area contributed by atoms with Crippen LogP contribution in [0.2, 0.25) is 0 Å². The van der Waals surface area contributed by atoms with E-state index in [0.717, 1.165) is 22.1 Å². The molecule has 0 unspecified atom stereocenters. The van der Waals surface area contributed by atoms with E-state index in [4.69, 9.17) is 4.74 Å². The van der Waals surface area contributed by atoms with Gasteiger partial charge in [-0.1, -0.05) is 43.3 Å². The van der Waals surface area contributed by atoms with Gasteiger partial charge >= 0.3 is 5.69 Å². The molecule has 38 heavy (non-hydrogen) atoms. The number of ether oxygens (including phenoxy) is 1. The molecule has 0 bridgehead atoms. The minimum absolute atomic E-state index is 0.0928. The van der Waals surface area contributed by atoms with Gasteiger partial charge < -0.3 is 15.4 Å². The zero-order valence-corrected chi connectivity index (χ0v) is 21.4. The summed E-state index contributed by atoms with van der Waals surface area (Å²) in [6, 6.07) is 20.7. The molecule has 0 aliphatic rings. The Morgan fingerprint density at radius 1 is 0.868 bits per heavy atom. The van der Waals surface area contributed by atoms with Gasteiger partial charge in [0.2, 0.25) is 11.8 Å². The first-order chi connectivity index (χ1) is 18.4. The van der Waals surface area contributed by atoms with Crippen molar-refractivity contribution < 1.29 is 14.3 Å². The Kier molecular flexibility index (Phi) is 8.37. The Morgan fingerprint density at radius 2 is 1.63 bits per heavy atom. The van der Waals surface area contributed by atoms with E-state index in [1.165, 1.54) is 4.57 Å². The minimum Gasteiger partial charge on any atom is -0.497 e. The Hall–Kier alpha value is -4.66. The number of hydrogen-bond donors (Lipinski definition) is 2. The van der Waals surface area contributed by atoms with Gasteiger partial charge in [-0.2, -0.15) is 0 Å². The topological polar surface area (TPSA) is 111 Å². The molecule has 2 amide bonds. The van der Waals surface area contributed by atoms with Crippen LogP contribution in [-0.2, 0) is 29.1 Å². The third-order valence-corrected chi connectivity index (χ3v) is 6.11. The molecule has 2 N–H and O–H groups in total. The lowest BCUT2D eigenvalue weighted by atomic mass is 10.1. The van der Waals surface area contributed by atoms with Crippen molar-refractivity contribution in [1.29, 1.82) is 0 Å². The first-order valence-electron chi connectivity index (χ1n) is 12.4. The quantitative estimate of drug-likeness (QED) is 0.338. The summed E-state index contributed by atoms with van der Waals surface area (Å²) in [4.78, 5) is 51.8. The largest absolute Gasteiger partial charge is 0.497 e. The van der Waals surface area contributed by atoms with Gasteiger partial charge in [-0.05, 0) is 53.9 Å². The normalized spacial score (nSPS) is 10.8. The van der Waals surface area contributed by atoms with Crippen LogP contribution in [0.3, 0.4) is 0 Å². The Balaban J connectivity index is 1.62. The average molecular weight is 515 g/mol. The second-order valence-corrected chi connectivity index (χ2v) is 8.85. The second kappa shape index (κ2) is 12.1. The molecule has 0 aliphatic heterocycles. The number of hydrogen-bond acceptors (Lipinski definition) is 5. The number of nitrogens with one attached hydrogen (secondary N) is 2. The van der Waals surface area contributed by atoms with Gasteiger partial charge in [0.25, 0.3) is 5.56 Å². The molecule has 4 aromatic rings. The number of fused-ring (bicyclic) bond motifs is 1. The standard InChI is InChI=1S/C29H30N4O5/c1-3-15-30-26(34)17-20-11-13-22(14-12-20)33-28(36)24-9-4-5-10-25(24)32(29(33)37)19-27(35)31-18-21-7-6-8-23(16-21)38-2/h4-14,16H,3,15,17-19H2,1-2H3,(H,30,34)(H,31,35). The number of aromatic nitrogens is 2. The fraction of sp³-hybridized carbons (Fsp3) is 0.241. The third kappa shape index (κ3) is 6.00. The molecule has 0 atom stereocenters. The number of benzene rings is 3. The van der Waals surface area contributed by atoms with Crippen LogP contribution < -0.4 is 26.6 Å². The summed E-state index contributed by atoms with van der Waals surface area (Å²) in [6.45, 7) is 2.58. The maximum Gasteiger partial charge on any atom is 0.336 e. The number of para-hydroxylation sites is 1. The van der Waals surface area contributed by atoms with Crippen molar-refractivity contribution in [3.63, 3.8) is 0 Å². The summed E-state index contributed by atoms with van der Waals surface area (Å²) < 4.78 is 7.57. The van der Waals surface area contributed by atoms with E-state index in [1.54, 1.807) is 55.6 Å². The molecule has 0 radical (unpaired) electrons. The van der Waals surface area contributed by atoms with Gasteiger partial charge in [0.05, 0.1) is 30.1 Å². The van der Waals surface area contributed by atoms with Crippen molar-refractivity contribution in [3.05, 3.63) is 105 Å². The van der Waals surface area contributed by atoms with E-state index in [2.05, 4.69) is 10.6 Å². The van der Waals surface area contributed by atoms with Crippen molar-refractivity contribution in [1.82, 2.24) is 19.8 Å². The summed E-state index contributed by atoms with van der Waals surface area (Å²) in [5.74, 6) is 0.210. The van der Waals surface area contributed by atoms with Crippen LogP contribution in [0.15, 0.2) is 82.4 Å². The summed E-state index contributed by atoms with van der Waals surface area (Å²) in [5.41, 5.74) is 1.23. The molecular weight excluding hydrogens is 484 g/mol. The van der Waals surface area contributed by atoms with Gasteiger partial charge in [0, 0.05) is 13.1 Å². The first-order valence-corrected chi connectivity index (χ1v) is 12.4. The molecule has 1 heterocycles. The summed E-state index contributed by atoms with van der Waals surface area (Å²) in [6.07, 6.45) is 1.05. The van der Waals surface area contributed by atoms with Crippen molar-refractivity contribution in [2.75, 3.05) is 13.7 Å². The number of nitrogens with zero attached hydrogens (tertiary/aromatic N) is 2. The SMILES string of the molecule is CCCNC(=O)Cc1ccc(-n2c(=O)c3ccccc3n(CC(=O)NCc3cccc(OC)c3)c2=O)cc1. The van der Waals surface area contributed by atoms with E-state index < -0.39 is 11.2 Å². The zero-order chi connectivity index (χ0) is 27.1. The van der Waals surface area contributed by atoms with E-state index in [0.29, 0.717) is 28.9 Å². The van der Waals surface area contributed by atoms with Crippen LogP contribution in [0.1, 0.15) is 24.5 Å². The highest BCUT2D eigenvalue weighted by molar-refractivity contribution is 5.82. The second-order valence-electron chi connectivity index (χ2n) is 8.85. The molecule has 4 rings (SSSR count). The average Bonchev–Trinajstić information content (AvgIpc) is 2.94. The lowest BCUT2D eigenvalue weighted by Crippen LogP contribution is -2.41. The number of rotatable bonds is 10. The van der Waals surface area contributed by atoms with Crippen molar-refractivity contribution in [2.45, 2.75) is 32.9 Å². The fourth-order valence-corrected chi connectivity index (χ4v) is 4.16. The van der Waals surface area contributed by atoms with E-state index >= 15 is 0 Å². The van der Waals surface area contributed by atoms with Crippen LogP contribution in [0, 0.1) is 0 Å². The highest BCUT2D eigenvalue weighted by Gasteiger charge is 2.17. The van der Waals surface area contributed by atoms with Crippen LogP contribution in [0.25, 0.3) is 16.6 Å². The number of carbonyl (C=O) groups excluding carboxylic acids is 2. The molecule has 0 aliphatic carbocycles. The van der Waals surface area contributed by atoms with Gasteiger partial charge in [0.15, 0.2) is 0 Å². The van der Waals surface area contributed by atoms with Crippen molar-refractivity contribution in [2.24, 2.45) is 0 Å². The smallest absolute Gasteiger partial charge is 0.336 e. The summed E-state index contributed by atoms with van der Waals surface area (Å²) >= 11 is 0. The minimum atomic E-state index is -0.626. The van der Waals surface area contributed by atoms with Crippen molar-refractivity contribution >= 4 is 22.7 Å². The summed E-state index contributed by atoms with van der Waals surface area (Å²) in [7, 11) is 1.57. The maximum absolute atomic E-state index is 13.5. The van der Waals surface area contributed by atoms with E-state index in [1.807, 2.05) is 31.2 Å². The Bertz CT molecular complexity index is 1570. The Morgan fingerprint density at radius 3 is 2.37 bits per heavy atom. The van der Waals surface area contributed by atoms with Crippen LogP contribution in [0.4, 0.5) is 0 Å². The molecular formula is C29H30N4O5. The number of methoxy groups -OCH3 is 1. The lowest BCUT2D eigenvalue weighted by molar-refractivity contribution is -0.122. The maximum atomic E-state index is 13.5. The highest BCUT2D eigenvalue weighted by atomic mass is 16.5. The molecule has 0 saturated carbocycles. The number of amides is 2. The van der Waals surface area contributed by atoms with Gasteiger partial charge in [0.1, 0.15) is 12.3 Å². The predicted molar refractivity (Wildman–Crippen MR) is 146 cm³/mol. The lowest BCUT2D eigenvalue weighted by Gasteiger charge is -2.15. The first kappa shape index (κ1) is 26.4. The van der Waals surface area contributed by atoms with Crippen LogP contribution >= 0.6 is 0 Å². The number of carbonyl (C=O) groups is 2. The molecule has 9 heteroatoms. The van der Waals surface area contributed by atoms with E-state index in [-0.39, 0.29) is 31.3 Å². The van der Waals surface area contributed by atoms with E-state index in [9.17, 15) is 19.2 Å². The molecule has 0 fully saturated rings. The zero-order valence-electron chi connectivity index (χ0n) is 21.4. The highest BCUT2D eigenvalue weighted by Crippen LogP contribution is 2.13. The predicted octanol–water partition coefficient (Wildman–Crippen LogP) is 2.55. The van der Waals surface area contributed by atoms with Gasteiger partial charge in [-0.3, -0.25) is 19.0 Å². The Labute approximate surface area is 219 Å². The molecule has 0 saturated heterocycles. The molecule has 9 nitrogen and oxygen atoms in total. The molecule has 1 aromatic heterocycles. The molecule has 196 valence electrons. The third-order valence-electron chi connectivity index (χ3n) is 6.11. The van der Waals surface area contributed by atoms with Crippen LogP contribution in [-0.4, -0.2) is 34.6 Å². The molecule has 3 aromatic carbocycles.